The molecule has 1 amide bonds. The van der Waals surface area contributed by atoms with Crippen molar-refractivity contribution in [2.75, 3.05) is 31.4 Å². The van der Waals surface area contributed by atoms with Gasteiger partial charge in [0.1, 0.15) is 5.54 Å². The van der Waals surface area contributed by atoms with Gasteiger partial charge >= 0.3 is 0 Å². The molecule has 4 heteroatoms. The van der Waals surface area contributed by atoms with Crippen LogP contribution in [0.4, 0.5) is 5.69 Å². The van der Waals surface area contributed by atoms with Gasteiger partial charge < -0.3 is 5.32 Å². The molecule has 1 rings (SSSR count). The second-order valence-electron chi connectivity index (χ2n) is 4.42. The number of hydrogen-bond acceptors (Lipinski definition) is 3. The van der Waals surface area contributed by atoms with Gasteiger partial charge in [-0.25, -0.2) is 0 Å². The number of likely N-dealkylation sites (N-methyl/N-ethyl adjacent to an activating group) is 1. The number of nitrogens with zero attached hydrogens (tertiary/aromatic N) is 1. The van der Waals surface area contributed by atoms with E-state index in [0.717, 1.165) is 11.4 Å². The summed E-state index contributed by atoms with van der Waals surface area (Å²) >= 11 is 1.67. The van der Waals surface area contributed by atoms with Gasteiger partial charge in [-0.15, -0.1) is 0 Å². The van der Waals surface area contributed by atoms with Crippen LogP contribution in [0.2, 0.25) is 0 Å². The molecule has 0 aliphatic heterocycles. The van der Waals surface area contributed by atoms with Crippen molar-refractivity contribution in [3.8, 4) is 0 Å². The van der Waals surface area contributed by atoms with Gasteiger partial charge in [-0.3, -0.25) is 9.69 Å². The van der Waals surface area contributed by atoms with Crippen molar-refractivity contribution in [1.82, 2.24) is 4.90 Å². The first-order valence-electron chi connectivity index (χ1n) is 5.53. The highest BCUT2D eigenvalue weighted by Crippen LogP contribution is 2.19. The third-order valence-electron chi connectivity index (χ3n) is 2.93. The van der Waals surface area contributed by atoms with E-state index in [0.29, 0.717) is 0 Å². The van der Waals surface area contributed by atoms with E-state index in [1.54, 1.807) is 11.8 Å². The Hall–Kier alpha value is -1.00. The van der Waals surface area contributed by atoms with Gasteiger partial charge in [0.2, 0.25) is 5.91 Å². The fraction of sp³-hybridized carbons (Fsp3) is 0.462. The summed E-state index contributed by atoms with van der Waals surface area (Å²) in [7, 11) is 3.86. The summed E-state index contributed by atoms with van der Waals surface area (Å²) in [6, 6.07) is 9.55. The average Bonchev–Trinajstić information content (AvgIpc) is 2.30. The van der Waals surface area contributed by atoms with Crippen LogP contribution in [-0.4, -0.2) is 42.4 Å². The molecule has 1 N–H and O–H groups in total. The number of nitrogens with one attached hydrogen (secondary N) is 1. The van der Waals surface area contributed by atoms with Gasteiger partial charge in [0.25, 0.3) is 0 Å². The molecule has 0 saturated heterocycles. The maximum absolute atomic E-state index is 12.3. The summed E-state index contributed by atoms with van der Waals surface area (Å²) in [5, 5.41) is 2.95. The molecule has 1 aromatic carbocycles. The quantitative estimate of drug-likeness (QED) is 0.873. The molecule has 0 fully saturated rings. The Bertz CT molecular complexity index is 367. The van der Waals surface area contributed by atoms with Gasteiger partial charge in [0.05, 0.1) is 0 Å². The molecular weight excluding hydrogens is 232 g/mol. The molecule has 0 radical (unpaired) electrons. The van der Waals surface area contributed by atoms with Crippen molar-refractivity contribution in [3.63, 3.8) is 0 Å². The summed E-state index contributed by atoms with van der Waals surface area (Å²) in [4.78, 5) is 14.3. The van der Waals surface area contributed by atoms with E-state index in [1.807, 2.05) is 62.5 Å². The van der Waals surface area contributed by atoms with Crippen molar-refractivity contribution >= 4 is 23.4 Å². The second kappa shape index (κ2) is 6.07. The fourth-order valence-corrected chi connectivity index (χ4v) is 2.42. The van der Waals surface area contributed by atoms with Gasteiger partial charge in [0.15, 0.2) is 0 Å². The molecule has 0 aliphatic rings. The van der Waals surface area contributed by atoms with Gasteiger partial charge in [-0.2, -0.15) is 11.8 Å². The van der Waals surface area contributed by atoms with E-state index < -0.39 is 5.54 Å². The minimum Gasteiger partial charge on any atom is -0.324 e. The predicted octanol–water partition coefficient (Wildman–Crippen LogP) is 2.31. The summed E-state index contributed by atoms with van der Waals surface area (Å²) in [6.07, 6.45) is 2.01. The zero-order valence-corrected chi connectivity index (χ0v) is 11.7. The first-order chi connectivity index (χ1) is 8.00. The van der Waals surface area contributed by atoms with E-state index in [2.05, 4.69) is 5.32 Å². The summed E-state index contributed by atoms with van der Waals surface area (Å²) in [5.41, 5.74) is 0.349. The SMILES string of the molecule is CSCC(C)(C(=O)Nc1ccccc1)N(C)C. The Labute approximate surface area is 108 Å². The van der Waals surface area contributed by atoms with E-state index in [4.69, 9.17) is 0 Å². The average molecular weight is 252 g/mol. The van der Waals surface area contributed by atoms with Crippen LogP contribution in [0.25, 0.3) is 0 Å². The molecule has 0 saturated carbocycles. The van der Waals surface area contributed by atoms with E-state index in [9.17, 15) is 4.79 Å². The lowest BCUT2D eigenvalue weighted by atomic mass is 10.0. The normalized spacial score (nSPS) is 14.4. The van der Waals surface area contributed by atoms with Crippen LogP contribution >= 0.6 is 11.8 Å². The molecule has 3 nitrogen and oxygen atoms in total. The Morgan fingerprint density at radius 1 is 1.35 bits per heavy atom. The van der Waals surface area contributed by atoms with Crippen molar-refractivity contribution in [3.05, 3.63) is 30.3 Å². The number of anilines is 1. The van der Waals surface area contributed by atoms with Crippen LogP contribution in [0.15, 0.2) is 30.3 Å². The van der Waals surface area contributed by atoms with Gasteiger partial charge in [0, 0.05) is 11.4 Å². The lowest BCUT2D eigenvalue weighted by Gasteiger charge is -2.34. The van der Waals surface area contributed by atoms with Crippen LogP contribution in [0.3, 0.4) is 0 Å². The number of amides is 1. The third-order valence-corrected chi connectivity index (χ3v) is 3.78. The summed E-state index contributed by atoms with van der Waals surface area (Å²) in [6.45, 7) is 1.96. The lowest BCUT2D eigenvalue weighted by molar-refractivity contribution is -0.124. The van der Waals surface area contributed by atoms with E-state index >= 15 is 0 Å². The minimum absolute atomic E-state index is 0.0306. The van der Waals surface area contributed by atoms with Crippen LogP contribution in [0.5, 0.6) is 0 Å². The summed E-state index contributed by atoms with van der Waals surface area (Å²) in [5.74, 6) is 0.793. The molecular formula is C13H20N2OS. The number of hydrogen-bond donors (Lipinski definition) is 1. The van der Waals surface area contributed by atoms with Crippen molar-refractivity contribution < 1.29 is 4.79 Å². The molecule has 17 heavy (non-hydrogen) atoms. The Morgan fingerprint density at radius 2 is 1.94 bits per heavy atom. The standard InChI is InChI=1S/C13H20N2OS/c1-13(10-17-4,15(2)3)12(16)14-11-8-6-5-7-9-11/h5-9H,10H2,1-4H3,(H,14,16). The Balaban J connectivity index is 2.80. The van der Waals surface area contributed by atoms with E-state index in [1.165, 1.54) is 0 Å². The predicted molar refractivity (Wildman–Crippen MR) is 75.5 cm³/mol. The molecule has 1 unspecified atom stereocenters. The first kappa shape index (κ1) is 14.1. The highest BCUT2D eigenvalue weighted by molar-refractivity contribution is 7.98. The number of carbonyl (C=O) groups excluding carboxylic acids is 1. The number of para-hydroxylation sites is 1. The maximum atomic E-state index is 12.3. The minimum atomic E-state index is -0.491. The zero-order chi connectivity index (χ0) is 12.9. The molecule has 1 aromatic rings. The number of rotatable bonds is 5. The highest BCUT2D eigenvalue weighted by atomic mass is 32.2. The molecule has 0 spiro atoms. The molecule has 0 bridgehead atoms. The van der Waals surface area contributed by atoms with Crippen molar-refractivity contribution in [2.24, 2.45) is 0 Å². The largest absolute Gasteiger partial charge is 0.324 e. The molecule has 0 heterocycles. The second-order valence-corrected chi connectivity index (χ2v) is 5.29. The first-order valence-corrected chi connectivity index (χ1v) is 6.93. The van der Waals surface area contributed by atoms with Crippen LogP contribution < -0.4 is 5.32 Å². The van der Waals surface area contributed by atoms with Crippen LogP contribution in [0.1, 0.15) is 6.92 Å². The third kappa shape index (κ3) is 3.48. The Morgan fingerprint density at radius 3 is 2.41 bits per heavy atom. The Kier molecular flexibility index (Phi) is 5.02. The molecule has 94 valence electrons. The molecule has 0 aromatic heterocycles. The van der Waals surface area contributed by atoms with Crippen molar-refractivity contribution in [2.45, 2.75) is 12.5 Å². The lowest BCUT2D eigenvalue weighted by Crippen LogP contribution is -2.53. The number of benzene rings is 1. The molecule has 0 aliphatic carbocycles. The number of carbonyl (C=O) groups is 1. The maximum Gasteiger partial charge on any atom is 0.245 e. The summed E-state index contributed by atoms with van der Waals surface area (Å²) < 4.78 is 0. The zero-order valence-electron chi connectivity index (χ0n) is 10.9. The topological polar surface area (TPSA) is 32.3 Å². The van der Waals surface area contributed by atoms with E-state index in [-0.39, 0.29) is 5.91 Å². The highest BCUT2D eigenvalue weighted by Gasteiger charge is 2.35. The van der Waals surface area contributed by atoms with Crippen molar-refractivity contribution in [1.29, 1.82) is 0 Å². The van der Waals surface area contributed by atoms with Gasteiger partial charge in [-0.1, -0.05) is 18.2 Å². The smallest absolute Gasteiger partial charge is 0.245 e. The monoisotopic (exact) mass is 252 g/mol. The van der Waals surface area contributed by atoms with Crippen LogP contribution in [-0.2, 0) is 4.79 Å². The fourth-order valence-electron chi connectivity index (χ4n) is 1.47. The van der Waals surface area contributed by atoms with Gasteiger partial charge in [-0.05, 0) is 39.4 Å². The van der Waals surface area contributed by atoms with Crippen LogP contribution in [0, 0.1) is 0 Å². The molecule has 1 atom stereocenters. The number of thioether (sulfide) groups is 1.